The first-order valence-electron chi connectivity index (χ1n) is 14.4. The van der Waals surface area contributed by atoms with Gasteiger partial charge in [0.05, 0.1) is 24.8 Å². The largest absolute Gasteiger partial charge is 0.481 e. The smallest absolute Gasteiger partial charge is 0.307 e. The van der Waals surface area contributed by atoms with E-state index in [-0.39, 0.29) is 88.3 Å². The van der Waals surface area contributed by atoms with Crippen LogP contribution in [0.15, 0.2) is 16.1 Å². The standard InChI is InChI=1S/C31H31N5O12/c32-12-23-17(3-6-27(41)42)18(7-28(43)44)22(36-23)11-31(20(9-30(47)48)15(14-34-31)1-4-25(37)38)10-21-16(2-5-26(39)40)19(8-29(45)46)24(13-33)35-21/h14,35-36H,1-11H2,(H,37,38)(H,39,40)(H,41,42)(H,43,44)(H,45,46)(H,47,48). The van der Waals surface area contributed by atoms with E-state index in [4.69, 9.17) is 0 Å². The highest BCUT2D eigenvalue weighted by molar-refractivity contribution is 5.88. The Bertz CT molecular complexity index is 1820. The van der Waals surface area contributed by atoms with Gasteiger partial charge in [-0.1, -0.05) is 0 Å². The molecule has 8 N–H and O–H groups in total. The fourth-order valence-corrected chi connectivity index (χ4v) is 6.01. The van der Waals surface area contributed by atoms with Crippen LogP contribution >= 0.6 is 0 Å². The van der Waals surface area contributed by atoms with E-state index in [1.54, 1.807) is 0 Å². The summed E-state index contributed by atoms with van der Waals surface area (Å²) in [5.74, 6) is -7.57. The Morgan fingerprint density at radius 2 is 1.04 bits per heavy atom. The number of aromatic amines is 2. The highest BCUT2D eigenvalue weighted by Crippen LogP contribution is 2.42. The summed E-state index contributed by atoms with van der Waals surface area (Å²) >= 11 is 0. The van der Waals surface area contributed by atoms with Gasteiger partial charge < -0.3 is 40.6 Å². The molecule has 17 nitrogen and oxygen atoms in total. The number of H-pyrrole nitrogens is 2. The normalized spacial score (nSPS) is 15.2. The van der Waals surface area contributed by atoms with Crippen LogP contribution in [0.25, 0.3) is 0 Å². The summed E-state index contributed by atoms with van der Waals surface area (Å²) in [5.41, 5.74) is -0.915. The topological polar surface area (TPSA) is 315 Å². The Balaban J connectivity index is 2.35. The Morgan fingerprint density at radius 1 is 0.604 bits per heavy atom. The van der Waals surface area contributed by atoms with E-state index in [1.165, 1.54) is 6.21 Å². The maximum Gasteiger partial charge on any atom is 0.307 e. The van der Waals surface area contributed by atoms with Crippen LogP contribution in [0.3, 0.4) is 0 Å². The fraction of sp³-hybridized carbons (Fsp3) is 0.387. The molecule has 0 fully saturated rings. The zero-order chi connectivity index (χ0) is 35.8. The maximum atomic E-state index is 12.2. The summed E-state index contributed by atoms with van der Waals surface area (Å²) in [6.45, 7) is 0. The first kappa shape index (κ1) is 36.2. The van der Waals surface area contributed by atoms with Crippen molar-refractivity contribution in [2.75, 3.05) is 0 Å². The van der Waals surface area contributed by atoms with Gasteiger partial charge in [0.2, 0.25) is 0 Å². The molecule has 0 bridgehead atoms. The third-order valence-electron chi connectivity index (χ3n) is 7.96. The third-order valence-corrected chi connectivity index (χ3v) is 7.96. The lowest BCUT2D eigenvalue weighted by Crippen LogP contribution is -2.35. The number of aliphatic imine (C=N–C) groups is 1. The Labute approximate surface area is 271 Å². The van der Waals surface area contributed by atoms with Crippen LogP contribution in [-0.4, -0.2) is 88.2 Å². The lowest BCUT2D eigenvalue weighted by Gasteiger charge is -2.31. The van der Waals surface area contributed by atoms with Crippen molar-refractivity contribution >= 4 is 42.0 Å². The van der Waals surface area contributed by atoms with Crippen molar-refractivity contribution in [3.63, 3.8) is 0 Å². The van der Waals surface area contributed by atoms with Crippen LogP contribution < -0.4 is 0 Å². The molecule has 1 aliphatic rings. The molecule has 48 heavy (non-hydrogen) atoms. The maximum absolute atomic E-state index is 12.2. The van der Waals surface area contributed by atoms with E-state index < -0.39 is 79.9 Å². The van der Waals surface area contributed by atoms with E-state index in [0.717, 1.165) is 0 Å². The summed E-state index contributed by atoms with van der Waals surface area (Å²) in [7, 11) is 0. The van der Waals surface area contributed by atoms with Gasteiger partial charge in [0.1, 0.15) is 23.5 Å². The van der Waals surface area contributed by atoms with Crippen molar-refractivity contribution in [1.82, 2.24) is 9.97 Å². The van der Waals surface area contributed by atoms with Crippen molar-refractivity contribution in [3.05, 3.63) is 56.2 Å². The molecule has 0 aliphatic carbocycles. The van der Waals surface area contributed by atoms with Gasteiger partial charge in [0.15, 0.2) is 0 Å². The lowest BCUT2D eigenvalue weighted by molar-refractivity contribution is -0.138. The monoisotopic (exact) mass is 665 g/mol. The number of rotatable bonds is 19. The SMILES string of the molecule is N#Cc1[nH]c(CC2(Cc3[nH]c(C#N)c(CCC(=O)O)c3CC(=O)O)N=CC(CCC(=O)O)=C2CC(=O)O)c(CCC(=O)O)c1CC(=O)O. The molecule has 0 aromatic carbocycles. The summed E-state index contributed by atoms with van der Waals surface area (Å²) in [5, 5.41) is 76.8. The average Bonchev–Trinajstić information content (AvgIpc) is 3.60. The zero-order valence-electron chi connectivity index (χ0n) is 25.3. The van der Waals surface area contributed by atoms with Crippen LogP contribution in [0, 0.1) is 22.7 Å². The second-order valence-electron chi connectivity index (χ2n) is 11.1. The van der Waals surface area contributed by atoms with Crippen molar-refractivity contribution in [2.24, 2.45) is 4.99 Å². The van der Waals surface area contributed by atoms with Gasteiger partial charge in [-0.3, -0.25) is 33.8 Å². The number of carboxylic acid groups (broad SMARTS) is 6. The number of allylic oxidation sites excluding steroid dienone is 1. The molecule has 0 amide bonds. The quantitative estimate of drug-likeness (QED) is 0.106. The summed E-state index contributed by atoms with van der Waals surface area (Å²) in [4.78, 5) is 80.5. The molecule has 17 heteroatoms. The number of nitrogens with zero attached hydrogens (tertiary/aromatic N) is 3. The van der Waals surface area contributed by atoms with Crippen LogP contribution in [0.2, 0.25) is 0 Å². The predicted octanol–water partition coefficient (Wildman–Crippen LogP) is 1.62. The summed E-state index contributed by atoms with van der Waals surface area (Å²) < 4.78 is 0. The molecule has 2 aromatic rings. The highest BCUT2D eigenvalue weighted by atomic mass is 16.4. The number of aromatic nitrogens is 2. The van der Waals surface area contributed by atoms with E-state index >= 15 is 0 Å². The Hall–Kier alpha value is -6.23. The number of nitriles is 2. The molecule has 3 rings (SSSR count). The van der Waals surface area contributed by atoms with Crippen LogP contribution in [-0.2, 0) is 67.3 Å². The van der Waals surface area contributed by atoms with Crippen LogP contribution in [0.5, 0.6) is 0 Å². The lowest BCUT2D eigenvalue weighted by atomic mass is 9.77. The minimum atomic E-state index is -1.66. The van der Waals surface area contributed by atoms with Gasteiger partial charge in [-0.05, 0) is 47.1 Å². The second-order valence-corrected chi connectivity index (χ2v) is 11.1. The van der Waals surface area contributed by atoms with Gasteiger partial charge in [0.25, 0.3) is 0 Å². The summed E-state index contributed by atoms with van der Waals surface area (Å²) in [6.07, 6.45) is -3.18. The number of carbonyl (C=O) groups is 6. The van der Waals surface area contributed by atoms with E-state index in [1.807, 2.05) is 12.1 Å². The van der Waals surface area contributed by atoms with Gasteiger partial charge >= 0.3 is 35.8 Å². The molecule has 2 aromatic heterocycles. The van der Waals surface area contributed by atoms with Crippen molar-refractivity contribution < 1.29 is 59.4 Å². The van der Waals surface area contributed by atoms with Crippen LogP contribution in [0.1, 0.15) is 77.1 Å². The van der Waals surface area contributed by atoms with Crippen LogP contribution in [0.4, 0.5) is 0 Å². The molecule has 3 heterocycles. The fourth-order valence-electron chi connectivity index (χ4n) is 6.01. The molecule has 0 spiro atoms. The van der Waals surface area contributed by atoms with Crippen molar-refractivity contribution in [1.29, 1.82) is 10.5 Å². The third kappa shape index (κ3) is 8.73. The number of aliphatic carboxylic acids is 6. The van der Waals surface area contributed by atoms with Gasteiger partial charge in [-0.25, -0.2) is 0 Å². The van der Waals surface area contributed by atoms with Gasteiger partial charge in [-0.2, -0.15) is 10.5 Å². The minimum absolute atomic E-state index is 0.0161. The molecule has 252 valence electrons. The predicted molar refractivity (Wildman–Crippen MR) is 160 cm³/mol. The van der Waals surface area contributed by atoms with E-state index in [9.17, 15) is 69.9 Å². The molecule has 1 unspecified atom stereocenters. The Kier molecular flexibility index (Phi) is 11.6. The van der Waals surface area contributed by atoms with Crippen molar-refractivity contribution in [3.8, 4) is 12.1 Å². The summed E-state index contributed by atoms with van der Waals surface area (Å²) in [6, 6.07) is 3.76. The molecule has 0 saturated carbocycles. The number of carboxylic acids is 6. The average molecular weight is 666 g/mol. The number of hydrogen-bond acceptors (Lipinski definition) is 9. The van der Waals surface area contributed by atoms with E-state index in [2.05, 4.69) is 15.0 Å². The van der Waals surface area contributed by atoms with Crippen molar-refractivity contribution in [2.45, 2.75) is 76.2 Å². The van der Waals surface area contributed by atoms with Gasteiger partial charge in [-0.15, -0.1) is 0 Å². The minimum Gasteiger partial charge on any atom is -0.481 e. The van der Waals surface area contributed by atoms with E-state index in [0.29, 0.717) is 0 Å². The first-order chi connectivity index (χ1) is 22.6. The second kappa shape index (κ2) is 15.4. The molecular weight excluding hydrogens is 634 g/mol. The number of hydrogen-bond donors (Lipinski definition) is 8. The first-order valence-corrected chi connectivity index (χ1v) is 14.4. The van der Waals surface area contributed by atoms with Gasteiger partial charge in [0, 0.05) is 55.3 Å². The highest BCUT2D eigenvalue weighted by Gasteiger charge is 2.43. The molecule has 0 radical (unpaired) electrons. The molecular formula is C31H31N5O12. The molecule has 1 atom stereocenters. The molecule has 0 saturated heterocycles. The zero-order valence-corrected chi connectivity index (χ0v) is 25.3. The Morgan fingerprint density at radius 3 is 1.52 bits per heavy atom. The molecule has 1 aliphatic heterocycles. The number of nitrogens with one attached hydrogen (secondary N) is 2.